The average Bonchev–Trinajstić information content (AvgIpc) is 2.86. The number of unbranched alkanes of at least 4 members (excludes halogenated alkanes) is 2. The van der Waals surface area contributed by atoms with E-state index in [1.54, 1.807) is 0 Å². The van der Waals surface area contributed by atoms with E-state index in [0.29, 0.717) is 58.2 Å². The van der Waals surface area contributed by atoms with Crippen molar-refractivity contribution < 1.29 is 24.3 Å². The minimum Gasteiger partial charge on any atom is -0.480 e. The second-order valence-corrected chi connectivity index (χ2v) is 8.62. The summed E-state index contributed by atoms with van der Waals surface area (Å²) in [4.78, 5) is 55.9. The van der Waals surface area contributed by atoms with Gasteiger partial charge in [0.1, 0.15) is 18.1 Å². The fourth-order valence-corrected chi connectivity index (χ4v) is 3.26. The van der Waals surface area contributed by atoms with Gasteiger partial charge in [0.05, 0.1) is 12.6 Å². The van der Waals surface area contributed by atoms with E-state index >= 15 is 0 Å². The Morgan fingerprint density at radius 2 is 1.53 bits per heavy atom. The Morgan fingerprint density at radius 3 is 2.13 bits per heavy atom. The summed E-state index contributed by atoms with van der Waals surface area (Å²) in [6, 6.07) is -4.10. The Morgan fingerprint density at radius 1 is 0.895 bits per heavy atom. The lowest BCUT2D eigenvalue weighted by Crippen LogP contribution is -2.56. The van der Waals surface area contributed by atoms with E-state index in [2.05, 4.69) is 36.5 Å². The van der Waals surface area contributed by atoms with Crippen LogP contribution in [0.5, 0.6) is 0 Å². The highest BCUT2D eigenvalue weighted by atomic mass is 16.4. The molecule has 0 bridgehead atoms. The van der Waals surface area contributed by atoms with Gasteiger partial charge in [-0.2, -0.15) is 4.91 Å². The molecule has 0 spiro atoms. The first kappa shape index (κ1) is 34.2. The Hall–Kier alpha value is -3.82. The number of rotatable bonds is 21. The highest BCUT2D eigenvalue weighted by molar-refractivity contribution is 5.93. The summed E-state index contributed by atoms with van der Waals surface area (Å²) in [5, 5.41) is 20.2. The molecule has 0 rings (SSSR count). The second kappa shape index (κ2) is 20.3. The first-order chi connectivity index (χ1) is 18.0. The summed E-state index contributed by atoms with van der Waals surface area (Å²) in [5.74, 6) is -3.13. The topological polar surface area (TPSA) is 302 Å². The SMILES string of the molecule is C[C@H](NC(=O)[C@@H](N)CCCN=C(N)N)C(=O)N[C@@H](CCCCN)C(=O)N[C@@H](CCCCNN=[N+]=[N-])C(=O)O. The lowest BCUT2D eigenvalue weighted by Gasteiger charge is -2.24. The summed E-state index contributed by atoms with van der Waals surface area (Å²) in [6.07, 6.45) is 3.18. The van der Waals surface area contributed by atoms with Crippen molar-refractivity contribution in [1.29, 1.82) is 0 Å². The molecule has 0 aliphatic rings. The van der Waals surface area contributed by atoms with Crippen LogP contribution in [0, 0.1) is 0 Å². The minimum absolute atomic E-state index is 0.0624. The molecule has 0 radical (unpaired) electrons. The molecule has 0 saturated heterocycles. The number of nitrogens with zero attached hydrogens (tertiary/aromatic N) is 4. The third-order valence-corrected chi connectivity index (χ3v) is 5.40. The van der Waals surface area contributed by atoms with Gasteiger partial charge in [-0.1, -0.05) is 0 Å². The van der Waals surface area contributed by atoms with E-state index in [0.717, 1.165) is 0 Å². The van der Waals surface area contributed by atoms with Gasteiger partial charge in [0, 0.05) is 6.54 Å². The number of hydrogen-bond donors (Lipinski definition) is 9. The summed E-state index contributed by atoms with van der Waals surface area (Å²) in [6.45, 7) is 2.49. The summed E-state index contributed by atoms with van der Waals surface area (Å²) < 4.78 is 0. The molecule has 17 nitrogen and oxygen atoms in total. The maximum atomic E-state index is 12.9. The normalized spacial score (nSPS) is 13.6. The Kier molecular flexibility index (Phi) is 18.2. The maximum Gasteiger partial charge on any atom is 0.326 e. The zero-order chi connectivity index (χ0) is 28.9. The van der Waals surface area contributed by atoms with Crippen LogP contribution in [-0.4, -0.2) is 78.6 Å². The first-order valence-electron chi connectivity index (χ1n) is 12.4. The van der Waals surface area contributed by atoms with Crippen LogP contribution in [0.25, 0.3) is 10.4 Å². The number of hydrogen-bond acceptors (Lipinski definition) is 8. The predicted octanol–water partition coefficient (Wildman–Crippen LogP) is -1.96. The molecular weight excluding hydrogens is 500 g/mol. The van der Waals surface area contributed by atoms with Crippen LogP contribution in [0.15, 0.2) is 10.2 Å². The molecule has 17 heteroatoms. The molecule has 0 fully saturated rings. The van der Waals surface area contributed by atoms with Gasteiger partial charge in [-0.3, -0.25) is 24.8 Å². The van der Waals surface area contributed by atoms with Crippen molar-refractivity contribution >= 4 is 29.7 Å². The van der Waals surface area contributed by atoms with Crippen LogP contribution in [0.1, 0.15) is 58.3 Å². The minimum atomic E-state index is -1.22. The Labute approximate surface area is 221 Å². The molecular formula is C21H42N12O5. The lowest BCUT2D eigenvalue weighted by molar-refractivity contribution is -0.142. The van der Waals surface area contributed by atoms with Crippen LogP contribution in [0.2, 0.25) is 0 Å². The predicted molar refractivity (Wildman–Crippen MR) is 141 cm³/mol. The Bertz CT molecular complexity index is 829. The molecule has 0 aliphatic carbocycles. The summed E-state index contributed by atoms with van der Waals surface area (Å²) in [5.41, 5.74) is 32.6. The number of carbonyl (C=O) groups is 4. The number of amides is 3. The third kappa shape index (κ3) is 16.0. The molecule has 0 aromatic carbocycles. The van der Waals surface area contributed by atoms with Gasteiger partial charge in [0.25, 0.3) is 0 Å². The van der Waals surface area contributed by atoms with Gasteiger partial charge >= 0.3 is 5.97 Å². The standard InChI is InChI=1S/C21H42N12O5/c1-13(29-18(35)14(23)7-6-11-27-21(24)25)17(34)30-15(8-2-4-10-22)19(36)31-16(20(37)38)9-3-5-12-28-33-32-26/h13-16,28H,2-12,22-23H2,1H3,(H,29,35)(H,30,34)(H,31,36)(H,37,38)(H4,24,25,27)/t13-,14-,15-,16-/m0/s1. The van der Waals surface area contributed by atoms with Crippen molar-refractivity contribution in [2.45, 2.75) is 82.5 Å². The number of carboxylic acids is 1. The van der Waals surface area contributed by atoms with Crippen molar-refractivity contribution in [3.63, 3.8) is 0 Å². The fraction of sp³-hybridized carbons (Fsp3) is 0.762. The maximum absolute atomic E-state index is 12.9. The van der Waals surface area contributed by atoms with Gasteiger partial charge in [-0.05, 0) is 70.1 Å². The number of guanidine groups is 1. The van der Waals surface area contributed by atoms with Crippen LogP contribution in [0.3, 0.4) is 0 Å². The summed E-state index contributed by atoms with van der Waals surface area (Å²) >= 11 is 0. The number of azide groups is 1. The van der Waals surface area contributed by atoms with Crippen LogP contribution >= 0.6 is 0 Å². The molecule has 4 atom stereocenters. The van der Waals surface area contributed by atoms with Crippen molar-refractivity contribution in [3.05, 3.63) is 10.4 Å². The smallest absolute Gasteiger partial charge is 0.326 e. The van der Waals surface area contributed by atoms with E-state index < -0.39 is 47.9 Å². The lowest BCUT2D eigenvalue weighted by atomic mass is 10.1. The molecule has 0 aromatic heterocycles. The molecule has 38 heavy (non-hydrogen) atoms. The molecule has 0 heterocycles. The van der Waals surface area contributed by atoms with Crippen LogP contribution < -0.4 is 44.3 Å². The second-order valence-electron chi connectivity index (χ2n) is 8.62. The number of carboxylic acid groups (broad SMARTS) is 1. The van der Waals surface area contributed by atoms with Gasteiger partial charge in [-0.15, -0.1) is 5.53 Å². The van der Waals surface area contributed by atoms with Crippen molar-refractivity contribution in [3.8, 4) is 0 Å². The van der Waals surface area contributed by atoms with Gasteiger partial charge in [-0.25, -0.2) is 4.79 Å². The zero-order valence-electron chi connectivity index (χ0n) is 21.8. The van der Waals surface area contributed by atoms with E-state index in [4.69, 9.17) is 28.5 Å². The van der Waals surface area contributed by atoms with Crippen molar-refractivity contribution in [2.24, 2.45) is 33.2 Å². The first-order valence-corrected chi connectivity index (χ1v) is 12.4. The van der Waals surface area contributed by atoms with Crippen LogP contribution in [0.4, 0.5) is 0 Å². The number of aliphatic carboxylic acids is 1. The highest BCUT2D eigenvalue weighted by Gasteiger charge is 2.28. The van der Waals surface area contributed by atoms with E-state index in [1.807, 2.05) is 0 Å². The number of nitrogens with one attached hydrogen (secondary N) is 4. The van der Waals surface area contributed by atoms with E-state index in [1.165, 1.54) is 6.92 Å². The van der Waals surface area contributed by atoms with Crippen LogP contribution in [-0.2, 0) is 19.2 Å². The van der Waals surface area contributed by atoms with Crippen molar-refractivity contribution in [2.75, 3.05) is 19.6 Å². The third-order valence-electron chi connectivity index (χ3n) is 5.40. The van der Waals surface area contributed by atoms with E-state index in [-0.39, 0.29) is 18.8 Å². The molecule has 0 unspecified atom stereocenters. The highest BCUT2D eigenvalue weighted by Crippen LogP contribution is 2.06. The molecule has 0 aliphatic heterocycles. The molecule has 216 valence electrons. The van der Waals surface area contributed by atoms with E-state index in [9.17, 15) is 24.3 Å². The van der Waals surface area contributed by atoms with Crippen molar-refractivity contribution in [1.82, 2.24) is 21.4 Å². The average molecular weight is 543 g/mol. The number of aliphatic imine (C=N–C) groups is 1. The monoisotopic (exact) mass is 542 g/mol. The molecule has 0 saturated carbocycles. The molecule has 3 amide bonds. The number of carbonyl (C=O) groups excluding carboxylic acids is 3. The quantitative estimate of drug-likeness (QED) is 0.0147. The fourth-order valence-electron chi connectivity index (χ4n) is 3.26. The largest absolute Gasteiger partial charge is 0.480 e. The van der Waals surface area contributed by atoms with Gasteiger partial charge in [0.15, 0.2) is 5.96 Å². The van der Waals surface area contributed by atoms with Gasteiger partial charge in [0.2, 0.25) is 17.7 Å². The summed E-state index contributed by atoms with van der Waals surface area (Å²) in [7, 11) is 0. The molecule has 13 N–H and O–H groups in total. The van der Waals surface area contributed by atoms with Gasteiger partial charge < -0.3 is 44.0 Å². The zero-order valence-corrected chi connectivity index (χ0v) is 21.8. The Balaban J connectivity index is 5.00. The number of nitrogens with two attached hydrogens (primary N) is 4. The molecule has 0 aromatic rings.